The topological polar surface area (TPSA) is 29.5 Å². The van der Waals surface area contributed by atoms with Gasteiger partial charge in [-0.15, -0.1) is 0 Å². The van der Waals surface area contributed by atoms with E-state index in [1.165, 1.54) is 6.07 Å². The monoisotopic (exact) mass is 272 g/mol. The number of hydrogen-bond donors (Lipinski definition) is 1. The molecular formula is C14H15F3O2. The van der Waals surface area contributed by atoms with Crippen molar-refractivity contribution >= 4 is 0 Å². The molecule has 1 aromatic carbocycles. The van der Waals surface area contributed by atoms with Crippen LogP contribution >= 0.6 is 0 Å². The molecule has 0 aliphatic carbocycles. The van der Waals surface area contributed by atoms with E-state index in [-0.39, 0.29) is 12.2 Å². The molecule has 2 fully saturated rings. The Labute approximate surface area is 109 Å². The highest BCUT2D eigenvalue weighted by atomic mass is 19.4. The Kier molecular flexibility index (Phi) is 2.87. The quantitative estimate of drug-likeness (QED) is 0.850. The van der Waals surface area contributed by atoms with Crippen LogP contribution in [0.15, 0.2) is 24.3 Å². The zero-order chi connectivity index (χ0) is 13.7. The second-order valence-corrected chi connectivity index (χ2v) is 5.48. The number of alkyl halides is 3. The van der Waals surface area contributed by atoms with Crippen LogP contribution in [0.5, 0.6) is 0 Å². The Balaban J connectivity index is 1.93. The molecule has 2 bridgehead atoms. The van der Waals surface area contributed by atoms with E-state index in [2.05, 4.69) is 0 Å². The van der Waals surface area contributed by atoms with Gasteiger partial charge in [0.15, 0.2) is 0 Å². The summed E-state index contributed by atoms with van der Waals surface area (Å²) in [4.78, 5) is 0. The van der Waals surface area contributed by atoms with Crippen molar-refractivity contribution in [1.29, 1.82) is 0 Å². The van der Waals surface area contributed by atoms with E-state index in [1.54, 1.807) is 6.07 Å². The van der Waals surface area contributed by atoms with Gasteiger partial charge in [0.25, 0.3) is 0 Å². The van der Waals surface area contributed by atoms with E-state index in [0.29, 0.717) is 18.4 Å². The molecule has 2 aliphatic rings. The van der Waals surface area contributed by atoms with Crippen LogP contribution in [0, 0.1) is 0 Å². The van der Waals surface area contributed by atoms with Gasteiger partial charge in [-0.2, -0.15) is 13.2 Å². The van der Waals surface area contributed by atoms with Crippen molar-refractivity contribution in [3.63, 3.8) is 0 Å². The molecule has 19 heavy (non-hydrogen) atoms. The number of halogens is 3. The standard InChI is InChI=1S/C14H15F3O2/c15-14(16,17)10-3-1-2-9(6-10)13(18)7-11-4-5-12(8-13)19-11/h1-3,6,11-12,18H,4-5,7-8H2. The van der Waals surface area contributed by atoms with E-state index >= 15 is 0 Å². The van der Waals surface area contributed by atoms with Gasteiger partial charge in [-0.05, 0) is 30.5 Å². The maximum atomic E-state index is 12.7. The minimum Gasteiger partial charge on any atom is -0.385 e. The van der Waals surface area contributed by atoms with Crippen molar-refractivity contribution in [2.24, 2.45) is 0 Å². The van der Waals surface area contributed by atoms with Crippen LogP contribution in [0.25, 0.3) is 0 Å². The lowest BCUT2D eigenvalue weighted by molar-refractivity contribution is -0.138. The fourth-order valence-corrected chi connectivity index (χ4v) is 3.14. The van der Waals surface area contributed by atoms with Crippen molar-refractivity contribution in [1.82, 2.24) is 0 Å². The average molecular weight is 272 g/mol. The van der Waals surface area contributed by atoms with Crippen LogP contribution in [0.1, 0.15) is 36.8 Å². The summed E-state index contributed by atoms with van der Waals surface area (Å²) in [6.45, 7) is 0. The van der Waals surface area contributed by atoms with Gasteiger partial charge in [-0.25, -0.2) is 0 Å². The predicted octanol–water partition coefficient (Wildman–Crippen LogP) is 3.23. The molecule has 2 atom stereocenters. The summed E-state index contributed by atoms with van der Waals surface area (Å²) in [5.74, 6) is 0. The third-order valence-corrected chi connectivity index (χ3v) is 4.05. The van der Waals surface area contributed by atoms with E-state index in [9.17, 15) is 18.3 Å². The molecule has 3 rings (SSSR count). The second-order valence-electron chi connectivity index (χ2n) is 5.48. The lowest BCUT2D eigenvalue weighted by Gasteiger charge is -2.37. The number of aliphatic hydroxyl groups is 1. The third-order valence-electron chi connectivity index (χ3n) is 4.05. The van der Waals surface area contributed by atoms with Gasteiger partial charge in [-0.1, -0.05) is 12.1 Å². The smallest absolute Gasteiger partial charge is 0.385 e. The summed E-state index contributed by atoms with van der Waals surface area (Å²) in [6, 6.07) is 5.01. The van der Waals surface area contributed by atoms with Crippen LogP contribution in [-0.4, -0.2) is 17.3 Å². The van der Waals surface area contributed by atoms with E-state index in [1.807, 2.05) is 0 Å². The summed E-state index contributed by atoms with van der Waals surface area (Å²) in [5.41, 5.74) is -1.55. The normalized spacial score (nSPS) is 34.5. The van der Waals surface area contributed by atoms with Crippen molar-refractivity contribution < 1.29 is 23.0 Å². The molecule has 2 saturated heterocycles. The molecule has 0 spiro atoms. The van der Waals surface area contributed by atoms with Crippen molar-refractivity contribution in [3.8, 4) is 0 Å². The molecule has 2 heterocycles. The zero-order valence-electron chi connectivity index (χ0n) is 10.3. The minimum atomic E-state index is -4.38. The molecule has 1 aromatic rings. The molecule has 2 aliphatic heterocycles. The van der Waals surface area contributed by atoms with Crippen molar-refractivity contribution in [2.75, 3.05) is 0 Å². The lowest BCUT2D eigenvalue weighted by Crippen LogP contribution is -2.38. The molecule has 2 unspecified atom stereocenters. The van der Waals surface area contributed by atoms with Crippen LogP contribution < -0.4 is 0 Å². The first-order valence-electron chi connectivity index (χ1n) is 6.42. The predicted molar refractivity (Wildman–Crippen MR) is 62.5 cm³/mol. The first-order chi connectivity index (χ1) is 8.87. The zero-order valence-corrected chi connectivity index (χ0v) is 10.3. The Morgan fingerprint density at radius 2 is 1.79 bits per heavy atom. The maximum absolute atomic E-state index is 12.7. The van der Waals surface area contributed by atoms with Gasteiger partial charge in [0.2, 0.25) is 0 Å². The highest BCUT2D eigenvalue weighted by Crippen LogP contribution is 2.44. The first-order valence-corrected chi connectivity index (χ1v) is 6.42. The first kappa shape index (κ1) is 12.9. The largest absolute Gasteiger partial charge is 0.416 e. The fourth-order valence-electron chi connectivity index (χ4n) is 3.14. The van der Waals surface area contributed by atoms with Crippen LogP contribution in [0.3, 0.4) is 0 Å². The molecule has 5 heteroatoms. The minimum absolute atomic E-state index is 0.0294. The lowest BCUT2D eigenvalue weighted by atomic mass is 9.83. The van der Waals surface area contributed by atoms with Gasteiger partial charge in [0.05, 0.1) is 23.4 Å². The third kappa shape index (κ3) is 2.37. The van der Waals surface area contributed by atoms with E-state index in [4.69, 9.17) is 4.74 Å². The highest BCUT2D eigenvalue weighted by molar-refractivity contribution is 5.31. The summed E-state index contributed by atoms with van der Waals surface area (Å²) in [6.07, 6.45) is -1.92. The molecule has 2 nitrogen and oxygen atoms in total. The second kappa shape index (κ2) is 4.21. The van der Waals surface area contributed by atoms with Crippen LogP contribution in [0.2, 0.25) is 0 Å². The molecule has 0 aromatic heterocycles. The number of fused-ring (bicyclic) bond motifs is 2. The maximum Gasteiger partial charge on any atom is 0.416 e. The summed E-state index contributed by atoms with van der Waals surface area (Å²) < 4.78 is 43.8. The molecule has 0 amide bonds. The Bertz CT molecular complexity index is 472. The summed E-state index contributed by atoms with van der Waals surface area (Å²) in [7, 11) is 0. The van der Waals surface area contributed by atoms with Crippen molar-refractivity contribution in [2.45, 2.75) is 49.7 Å². The van der Waals surface area contributed by atoms with Crippen LogP contribution in [-0.2, 0) is 16.5 Å². The number of ether oxygens (including phenoxy) is 1. The van der Waals surface area contributed by atoms with E-state index in [0.717, 1.165) is 25.0 Å². The highest BCUT2D eigenvalue weighted by Gasteiger charge is 2.45. The summed E-state index contributed by atoms with van der Waals surface area (Å²) in [5, 5.41) is 10.7. The Morgan fingerprint density at radius 1 is 1.16 bits per heavy atom. The molecular weight excluding hydrogens is 257 g/mol. The van der Waals surface area contributed by atoms with Gasteiger partial charge in [-0.3, -0.25) is 0 Å². The van der Waals surface area contributed by atoms with Gasteiger partial charge in [0.1, 0.15) is 0 Å². The number of benzene rings is 1. The van der Waals surface area contributed by atoms with Gasteiger partial charge >= 0.3 is 6.18 Å². The SMILES string of the molecule is OC1(c2cccc(C(F)(F)F)c2)CC2CCC(C1)O2. The Morgan fingerprint density at radius 3 is 2.37 bits per heavy atom. The molecule has 104 valence electrons. The Hall–Kier alpha value is -1.07. The fraction of sp³-hybridized carbons (Fsp3) is 0.571. The molecule has 0 saturated carbocycles. The number of hydrogen-bond acceptors (Lipinski definition) is 2. The van der Waals surface area contributed by atoms with Gasteiger partial charge in [0, 0.05) is 12.8 Å². The summed E-state index contributed by atoms with van der Waals surface area (Å²) >= 11 is 0. The molecule has 0 radical (unpaired) electrons. The van der Waals surface area contributed by atoms with Crippen molar-refractivity contribution in [3.05, 3.63) is 35.4 Å². The van der Waals surface area contributed by atoms with Crippen LogP contribution in [0.4, 0.5) is 13.2 Å². The van der Waals surface area contributed by atoms with E-state index < -0.39 is 17.3 Å². The number of rotatable bonds is 1. The van der Waals surface area contributed by atoms with Gasteiger partial charge < -0.3 is 9.84 Å². The molecule has 1 N–H and O–H groups in total. The average Bonchev–Trinajstić information content (AvgIpc) is 2.68.